The van der Waals surface area contributed by atoms with Gasteiger partial charge in [0.1, 0.15) is 24.4 Å². The van der Waals surface area contributed by atoms with Gasteiger partial charge >= 0.3 is 0 Å². The molecule has 2 heterocycles. The lowest BCUT2D eigenvalue weighted by molar-refractivity contribution is -0.0230. The molecular formula is C10H12INO4. The lowest BCUT2D eigenvalue weighted by atomic mass is 10.0. The van der Waals surface area contributed by atoms with Gasteiger partial charge in [0, 0.05) is 16.0 Å². The van der Waals surface area contributed by atoms with Crippen molar-refractivity contribution in [2.75, 3.05) is 6.61 Å². The fourth-order valence-electron chi connectivity index (χ4n) is 1.77. The molecular weight excluding hydrogens is 325 g/mol. The summed E-state index contributed by atoms with van der Waals surface area (Å²) in [6.45, 7) is -0.309. The van der Waals surface area contributed by atoms with E-state index < -0.39 is 24.4 Å². The van der Waals surface area contributed by atoms with E-state index in [9.17, 15) is 10.2 Å². The maximum atomic E-state index is 9.83. The van der Waals surface area contributed by atoms with Crippen molar-refractivity contribution >= 4 is 22.6 Å². The van der Waals surface area contributed by atoms with Crippen LogP contribution in [-0.2, 0) is 4.74 Å². The Morgan fingerprint density at radius 2 is 2.12 bits per heavy atom. The number of rotatable bonds is 2. The molecule has 1 saturated heterocycles. The highest BCUT2D eigenvalue weighted by Gasteiger charge is 2.43. The Hall–Kier alpha value is -0.280. The molecule has 1 aliphatic rings. The molecule has 4 atom stereocenters. The van der Waals surface area contributed by atoms with Crippen molar-refractivity contribution in [3.05, 3.63) is 27.6 Å². The van der Waals surface area contributed by atoms with Crippen LogP contribution in [-0.4, -0.2) is 45.2 Å². The normalized spacial score (nSPS) is 34.2. The molecule has 2 rings (SSSR count). The molecule has 16 heavy (non-hydrogen) atoms. The third kappa shape index (κ3) is 2.07. The summed E-state index contributed by atoms with van der Waals surface area (Å²) in [5.41, 5.74) is 0.776. The average molecular weight is 337 g/mol. The lowest BCUT2D eigenvalue weighted by Gasteiger charge is -2.15. The molecule has 88 valence electrons. The highest BCUT2D eigenvalue weighted by Crippen LogP contribution is 2.35. The molecule has 0 spiro atoms. The van der Waals surface area contributed by atoms with Crippen LogP contribution in [0.15, 0.2) is 18.5 Å². The molecule has 0 aromatic carbocycles. The Bertz CT molecular complexity index is 376. The van der Waals surface area contributed by atoms with E-state index in [-0.39, 0.29) is 6.61 Å². The summed E-state index contributed by atoms with van der Waals surface area (Å²) in [4.78, 5) is 3.94. The quantitative estimate of drug-likeness (QED) is 0.654. The first-order valence-electron chi connectivity index (χ1n) is 4.87. The first-order chi connectivity index (χ1) is 7.65. The minimum Gasteiger partial charge on any atom is -0.394 e. The molecule has 1 aromatic rings. The van der Waals surface area contributed by atoms with Crippen molar-refractivity contribution < 1.29 is 20.1 Å². The maximum Gasteiger partial charge on any atom is 0.113 e. The molecule has 1 aliphatic heterocycles. The predicted molar refractivity (Wildman–Crippen MR) is 63.7 cm³/mol. The van der Waals surface area contributed by atoms with Crippen molar-refractivity contribution in [3.8, 4) is 0 Å². The van der Waals surface area contributed by atoms with Gasteiger partial charge in [-0.15, -0.1) is 0 Å². The van der Waals surface area contributed by atoms with Crippen molar-refractivity contribution in [1.82, 2.24) is 4.98 Å². The van der Waals surface area contributed by atoms with Gasteiger partial charge in [0.15, 0.2) is 0 Å². The lowest BCUT2D eigenvalue weighted by Crippen LogP contribution is -2.32. The zero-order chi connectivity index (χ0) is 11.7. The first-order valence-corrected chi connectivity index (χ1v) is 5.95. The van der Waals surface area contributed by atoms with E-state index in [4.69, 9.17) is 9.84 Å². The first kappa shape index (κ1) is 12.2. The highest BCUT2D eigenvalue weighted by atomic mass is 127. The second-order valence-electron chi connectivity index (χ2n) is 3.66. The van der Waals surface area contributed by atoms with Crippen molar-refractivity contribution in [3.63, 3.8) is 0 Å². The molecule has 0 saturated carbocycles. The second kappa shape index (κ2) is 4.92. The molecule has 1 unspecified atom stereocenters. The van der Waals surface area contributed by atoms with Gasteiger partial charge in [-0.2, -0.15) is 0 Å². The second-order valence-corrected chi connectivity index (χ2v) is 4.82. The van der Waals surface area contributed by atoms with Gasteiger partial charge in [0.25, 0.3) is 0 Å². The van der Waals surface area contributed by atoms with Gasteiger partial charge in [-0.1, -0.05) is 0 Å². The van der Waals surface area contributed by atoms with Crippen LogP contribution in [0.1, 0.15) is 11.7 Å². The molecule has 0 amide bonds. The summed E-state index contributed by atoms with van der Waals surface area (Å²) in [5, 5.41) is 28.4. The van der Waals surface area contributed by atoms with E-state index in [0.29, 0.717) is 0 Å². The van der Waals surface area contributed by atoms with Crippen molar-refractivity contribution in [2.24, 2.45) is 0 Å². The Balaban J connectivity index is 2.26. The van der Waals surface area contributed by atoms with Crippen LogP contribution in [0.2, 0.25) is 0 Å². The van der Waals surface area contributed by atoms with Gasteiger partial charge in [-0.05, 0) is 34.2 Å². The van der Waals surface area contributed by atoms with Gasteiger partial charge in [-0.3, -0.25) is 4.98 Å². The van der Waals surface area contributed by atoms with E-state index >= 15 is 0 Å². The summed E-state index contributed by atoms with van der Waals surface area (Å²) in [6.07, 6.45) is -0.158. The minimum atomic E-state index is -1.06. The number of aromatic nitrogens is 1. The molecule has 0 radical (unpaired) electrons. The number of pyridine rings is 1. The fourth-order valence-corrected chi connectivity index (χ4v) is 2.42. The minimum absolute atomic E-state index is 0.309. The summed E-state index contributed by atoms with van der Waals surface area (Å²) < 4.78 is 6.28. The smallest absolute Gasteiger partial charge is 0.113 e. The highest BCUT2D eigenvalue weighted by molar-refractivity contribution is 14.1. The standard InChI is InChI=1S/C10H12INO4/c11-6-3-12-2-1-5(6)10-9(15)8(14)7(4-13)16-10/h1-3,7-10,13-15H,4H2/t7-,8-,9-,10?/m1/s1. The number of nitrogens with zero attached hydrogens (tertiary/aromatic N) is 1. The number of halogens is 1. The van der Waals surface area contributed by atoms with Crippen molar-refractivity contribution in [2.45, 2.75) is 24.4 Å². The van der Waals surface area contributed by atoms with E-state index in [1.807, 2.05) is 0 Å². The van der Waals surface area contributed by atoms with Crippen LogP contribution >= 0.6 is 22.6 Å². The Labute approximate surface area is 106 Å². The molecule has 5 nitrogen and oxygen atoms in total. The Kier molecular flexibility index (Phi) is 3.75. The SMILES string of the molecule is OC[C@H]1OC(c2ccncc2I)[C@H](O)[C@@H]1O. The molecule has 1 aromatic heterocycles. The number of aliphatic hydroxyl groups is 3. The zero-order valence-electron chi connectivity index (χ0n) is 8.32. The van der Waals surface area contributed by atoms with E-state index in [1.165, 1.54) is 0 Å². The van der Waals surface area contributed by atoms with Gasteiger partial charge in [0.05, 0.1) is 6.61 Å². The summed E-state index contributed by atoms with van der Waals surface area (Å²) in [6, 6.07) is 1.74. The zero-order valence-corrected chi connectivity index (χ0v) is 10.5. The van der Waals surface area contributed by atoms with Crippen LogP contribution in [0, 0.1) is 3.57 Å². The number of aliphatic hydroxyl groups excluding tert-OH is 3. The largest absolute Gasteiger partial charge is 0.394 e. The molecule has 1 fully saturated rings. The van der Waals surface area contributed by atoms with Crippen LogP contribution in [0.25, 0.3) is 0 Å². The van der Waals surface area contributed by atoms with Gasteiger partial charge < -0.3 is 20.1 Å². The molecule has 3 N–H and O–H groups in total. The topological polar surface area (TPSA) is 82.8 Å². The Morgan fingerprint density at radius 3 is 2.69 bits per heavy atom. The molecule has 0 bridgehead atoms. The average Bonchev–Trinajstić information content (AvgIpc) is 2.57. The van der Waals surface area contributed by atoms with Crippen LogP contribution < -0.4 is 0 Å². The van der Waals surface area contributed by atoms with Gasteiger partial charge in [-0.25, -0.2) is 0 Å². The van der Waals surface area contributed by atoms with Crippen LogP contribution in [0.5, 0.6) is 0 Å². The molecule has 6 heteroatoms. The van der Waals surface area contributed by atoms with Gasteiger partial charge in [0.2, 0.25) is 0 Å². The predicted octanol–water partition coefficient (Wildman–Crippen LogP) is -0.160. The van der Waals surface area contributed by atoms with Crippen LogP contribution in [0.3, 0.4) is 0 Å². The number of hydrogen-bond acceptors (Lipinski definition) is 5. The number of ether oxygens (including phenoxy) is 1. The Morgan fingerprint density at radius 1 is 1.38 bits per heavy atom. The fraction of sp³-hybridized carbons (Fsp3) is 0.500. The summed E-state index contributed by atoms with van der Waals surface area (Å²) in [7, 11) is 0. The van der Waals surface area contributed by atoms with Crippen LogP contribution in [0.4, 0.5) is 0 Å². The summed E-state index contributed by atoms with van der Waals surface area (Å²) >= 11 is 2.09. The maximum absolute atomic E-state index is 9.83. The third-order valence-electron chi connectivity index (χ3n) is 2.65. The third-order valence-corrected chi connectivity index (χ3v) is 3.55. The summed E-state index contributed by atoms with van der Waals surface area (Å²) in [5.74, 6) is 0. The number of hydrogen-bond donors (Lipinski definition) is 3. The van der Waals surface area contributed by atoms with E-state index in [0.717, 1.165) is 9.13 Å². The molecule has 0 aliphatic carbocycles. The monoisotopic (exact) mass is 337 g/mol. The van der Waals surface area contributed by atoms with E-state index in [2.05, 4.69) is 27.6 Å². The van der Waals surface area contributed by atoms with E-state index in [1.54, 1.807) is 18.5 Å². The van der Waals surface area contributed by atoms with Crippen molar-refractivity contribution in [1.29, 1.82) is 0 Å².